The first-order chi connectivity index (χ1) is 14.9. The SMILES string of the molecule is c1cnc2c(NCC3CCCCN3)nc(-c3ccc(N4CCOCC4)cc3)cc2n1. The van der Waals surface area contributed by atoms with Crippen molar-refractivity contribution < 1.29 is 4.74 Å². The van der Waals surface area contributed by atoms with Gasteiger partial charge >= 0.3 is 0 Å². The Bertz CT molecular complexity index is 981. The van der Waals surface area contributed by atoms with E-state index in [4.69, 9.17) is 9.72 Å². The number of pyridine rings is 1. The molecule has 0 saturated carbocycles. The second-order valence-corrected chi connectivity index (χ2v) is 7.95. The molecular formula is C23H28N6O. The maximum atomic E-state index is 5.46. The van der Waals surface area contributed by atoms with Gasteiger partial charge in [0.2, 0.25) is 0 Å². The molecule has 156 valence electrons. The topological polar surface area (TPSA) is 75.2 Å². The van der Waals surface area contributed by atoms with Gasteiger partial charge in [-0.25, -0.2) is 9.97 Å². The van der Waals surface area contributed by atoms with Crippen molar-refractivity contribution in [2.45, 2.75) is 25.3 Å². The molecule has 7 heteroatoms. The predicted octanol–water partition coefficient (Wildman–Crippen LogP) is 3.08. The fourth-order valence-electron chi connectivity index (χ4n) is 4.23. The summed E-state index contributed by atoms with van der Waals surface area (Å²) >= 11 is 0. The van der Waals surface area contributed by atoms with Gasteiger partial charge in [-0.3, -0.25) is 4.98 Å². The Kier molecular flexibility index (Phi) is 5.72. The van der Waals surface area contributed by atoms with E-state index >= 15 is 0 Å². The number of morpholine rings is 1. The summed E-state index contributed by atoms with van der Waals surface area (Å²) in [6.45, 7) is 5.39. The first kappa shape index (κ1) is 19.2. The Morgan fingerprint density at radius 1 is 1.07 bits per heavy atom. The van der Waals surface area contributed by atoms with E-state index in [1.165, 1.54) is 24.9 Å². The molecule has 2 aliphatic heterocycles. The zero-order chi connectivity index (χ0) is 20.2. The third-order valence-corrected chi connectivity index (χ3v) is 5.92. The molecule has 30 heavy (non-hydrogen) atoms. The highest BCUT2D eigenvalue weighted by atomic mass is 16.5. The van der Waals surface area contributed by atoms with Crippen LogP contribution in [-0.4, -0.2) is 60.4 Å². The monoisotopic (exact) mass is 404 g/mol. The molecule has 0 radical (unpaired) electrons. The van der Waals surface area contributed by atoms with Crippen molar-refractivity contribution in [3.63, 3.8) is 0 Å². The van der Waals surface area contributed by atoms with Crippen LogP contribution in [0.2, 0.25) is 0 Å². The minimum atomic E-state index is 0.476. The molecule has 5 rings (SSSR count). The highest BCUT2D eigenvalue weighted by Crippen LogP contribution is 2.27. The van der Waals surface area contributed by atoms with Gasteiger partial charge in [0.05, 0.1) is 24.4 Å². The number of fused-ring (bicyclic) bond motifs is 1. The summed E-state index contributed by atoms with van der Waals surface area (Å²) in [4.78, 5) is 16.3. The predicted molar refractivity (Wildman–Crippen MR) is 120 cm³/mol. The van der Waals surface area contributed by atoms with Crippen LogP contribution in [0.15, 0.2) is 42.7 Å². The van der Waals surface area contributed by atoms with Gasteiger partial charge in [-0.2, -0.15) is 0 Å². The molecule has 0 aliphatic carbocycles. The smallest absolute Gasteiger partial charge is 0.154 e. The second-order valence-electron chi connectivity index (χ2n) is 7.95. The zero-order valence-corrected chi connectivity index (χ0v) is 17.2. The fourth-order valence-corrected chi connectivity index (χ4v) is 4.23. The first-order valence-corrected chi connectivity index (χ1v) is 10.9. The van der Waals surface area contributed by atoms with Crippen LogP contribution in [0.4, 0.5) is 11.5 Å². The summed E-state index contributed by atoms with van der Waals surface area (Å²) in [6.07, 6.45) is 7.20. The molecule has 3 aromatic rings. The number of nitrogens with zero attached hydrogens (tertiary/aromatic N) is 4. The van der Waals surface area contributed by atoms with Crippen LogP contribution in [0.25, 0.3) is 22.3 Å². The van der Waals surface area contributed by atoms with Crippen LogP contribution in [-0.2, 0) is 4.74 Å². The summed E-state index contributed by atoms with van der Waals surface area (Å²) in [6, 6.07) is 11.1. The third kappa shape index (κ3) is 4.22. The summed E-state index contributed by atoms with van der Waals surface area (Å²) in [5.41, 5.74) is 4.90. The Morgan fingerprint density at radius 2 is 1.90 bits per heavy atom. The van der Waals surface area contributed by atoms with Gasteiger partial charge in [0.15, 0.2) is 5.82 Å². The van der Waals surface area contributed by atoms with Crippen molar-refractivity contribution >= 4 is 22.5 Å². The Balaban J connectivity index is 1.41. The van der Waals surface area contributed by atoms with Crippen molar-refractivity contribution in [3.8, 4) is 11.3 Å². The van der Waals surface area contributed by atoms with Gasteiger partial charge in [-0.15, -0.1) is 0 Å². The maximum absolute atomic E-state index is 5.46. The van der Waals surface area contributed by atoms with Gasteiger partial charge in [-0.05, 0) is 37.6 Å². The number of ether oxygens (including phenoxy) is 1. The molecule has 1 aromatic carbocycles. The minimum Gasteiger partial charge on any atom is -0.378 e. The Morgan fingerprint density at radius 3 is 2.70 bits per heavy atom. The number of aromatic nitrogens is 3. The molecule has 2 fully saturated rings. The Labute approximate surface area is 176 Å². The fraction of sp³-hybridized carbons (Fsp3) is 0.435. The van der Waals surface area contributed by atoms with E-state index < -0.39 is 0 Å². The number of benzene rings is 1. The molecule has 2 N–H and O–H groups in total. The number of piperidine rings is 1. The van der Waals surface area contributed by atoms with E-state index in [0.717, 1.165) is 67.5 Å². The van der Waals surface area contributed by atoms with E-state index in [2.05, 4.69) is 49.8 Å². The molecule has 2 saturated heterocycles. The molecular weight excluding hydrogens is 376 g/mol. The molecule has 1 unspecified atom stereocenters. The molecule has 0 spiro atoms. The van der Waals surface area contributed by atoms with Crippen molar-refractivity contribution in [1.29, 1.82) is 0 Å². The molecule has 2 aliphatic rings. The quantitative estimate of drug-likeness (QED) is 0.677. The van der Waals surface area contributed by atoms with Crippen LogP contribution in [0, 0.1) is 0 Å². The lowest BCUT2D eigenvalue weighted by atomic mass is 10.1. The van der Waals surface area contributed by atoms with Crippen molar-refractivity contribution in [2.75, 3.05) is 49.6 Å². The van der Waals surface area contributed by atoms with Gasteiger partial charge in [0.1, 0.15) is 5.52 Å². The Hall–Kier alpha value is -2.77. The van der Waals surface area contributed by atoms with Crippen LogP contribution in [0.3, 0.4) is 0 Å². The third-order valence-electron chi connectivity index (χ3n) is 5.92. The number of anilines is 2. The molecule has 0 bridgehead atoms. The molecule has 7 nitrogen and oxygen atoms in total. The maximum Gasteiger partial charge on any atom is 0.154 e. The van der Waals surface area contributed by atoms with E-state index in [9.17, 15) is 0 Å². The molecule has 4 heterocycles. The van der Waals surface area contributed by atoms with Crippen LogP contribution >= 0.6 is 0 Å². The zero-order valence-electron chi connectivity index (χ0n) is 17.2. The van der Waals surface area contributed by atoms with Crippen molar-refractivity contribution in [2.24, 2.45) is 0 Å². The number of hydrogen-bond acceptors (Lipinski definition) is 7. The number of nitrogens with one attached hydrogen (secondary N) is 2. The highest BCUT2D eigenvalue weighted by molar-refractivity contribution is 5.88. The second kappa shape index (κ2) is 8.93. The van der Waals surface area contributed by atoms with Crippen molar-refractivity contribution in [3.05, 3.63) is 42.7 Å². The molecule has 1 atom stereocenters. The standard InChI is InChI=1S/C23H28N6O/c1-2-8-24-18(3-1)16-27-23-22-21(25-9-10-26-22)15-20(28-23)17-4-6-19(7-5-17)29-11-13-30-14-12-29/h4-7,9-10,15,18,24H,1-3,8,11-14,16H2,(H,27,28). The first-order valence-electron chi connectivity index (χ1n) is 10.9. The van der Waals surface area contributed by atoms with Gasteiger partial charge in [-0.1, -0.05) is 18.6 Å². The average Bonchev–Trinajstić information content (AvgIpc) is 2.84. The van der Waals surface area contributed by atoms with E-state index in [-0.39, 0.29) is 0 Å². The highest BCUT2D eigenvalue weighted by Gasteiger charge is 2.15. The average molecular weight is 405 g/mol. The molecule has 0 amide bonds. The van der Waals surface area contributed by atoms with Gasteiger partial charge in [0, 0.05) is 49.3 Å². The lowest BCUT2D eigenvalue weighted by Crippen LogP contribution is -2.39. The number of hydrogen-bond donors (Lipinski definition) is 2. The summed E-state index contributed by atoms with van der Waals surface area (Å²) in [5, 5.41) is 7.11. The summed E-state index contributed by atoms with van der Waals surface area (Å²) in [5.74, 6) is 0.806. The van der Waals surface area contributed by atoms with Gasteiger partial charge in [0.25, 0.3) is 0 Å². The summed E-state index contributed by atoms with van der Waals surface area (Å²) < 4.78 is 5.46. The lowest BCUT2D eigenvalue weighted by Gasteiger charge is -2.28. The van der Waals surface area contributed by atoms with Crippen LogP contribution < -0.4 is 15.5 Å². The normalized spacial score (nSPS) is 19.7. The van der Waals surface area contributed by atoms with Crippen molar-refractivity contribution in [1.82, 2.24) is 20.3 Å². The van der Waals surface area contributed by atoms with Gasteiger partial charge < -0.3 is 20.3 Å². The van der Waals surface area contributed by atoms with Crippen LogP contribution in [0.5, 0.6) is 0 Å². The van der Waals surface area contributed by atoms with E-state index in [1.807, 2.05) is 6.07 Å². The lowest BCUT2D eigenvalue weighted by molar-refractivity contribution is 0.122. The largest absolute Gasteiger partial charge is 0.378 e. The summed E-state index contributed by atoms with van der Waals surface area (Å²) in [7, 11) is 0. The van der Waals surface area contributed by atoms with Crippen LogP contribution in [0.1, 0.15) is 19.3 Å². The minimum absolute atomic E-state index is 0.476. The van der Waals surface area contributed by atoms with E-state index in [1.54, 1.807) is 12.4 Å². The molecule has 2 aromatic heterocycles. The van der Waals surface area contributed by atoms with E-state index in [0.29, 0.717) is 6.04 Å². The number of rotatable bonds is 5.